The molecule has 2 aromatic rings. The summed E-state index contributed by atoms with van der Waals surface area (Å²) in [5.41, 5.74) is -0.847. The number of amides is 1. The molecule has 0 aromatic heterocycles. The summed E-state index contributed by atoms with van der Waals surface area (Å²) in [7, 11) is 1.48. The average Bonchev–Trinajstić information content (AvgIpc) is 2.54. The molecular weight excluding hydrogens is 306 g/mol. The minimum Gasteiger partial charge on any atom is -0.497 e. The van der Waals surface area contributed by atoms with Gasteiger partial charge in [0.25, 0.3) is 17.3 Å². The van der Waals surface area contributed by atoms with Gasteiger partial charge in [-0.25, -0.2) is 0 Å². The van der Waals surface area contributed by atoms with Crippen molar-refractivity contribution in [3.63, 3.8) is 0 Å². The molecule has 118 valence electrons. The first-order valence-corrected chi connectivity index (χ1v) is 6.30. The number of nitrogens with one attached hydrogen (secondary N) is 1. The van der Waals surface area contributed by atoms with Crippen LogP contribution in [0.5, 0.6) is 5.75 Å². The molecule has 2 rings (SSSR count). The van der Waals surface area contributed by atoms with Gasteiger partial charge in [0.05, 0.1) is 23.0 Å². The van der Waals surface area contributed by atoms with E-state index in [1.807, 2.05) is 0 Å². The van der Waals surface area contributed by atoms with Gasteiger partial charge in [-0.3, -0.25) is 25.0 Å². The summed E-state index contributed by atoms with van der Waals surface area (Å²) in [5.74, 6) is -0.0209. The number of rotatable bonds is 5. The van der Waals surface area contributed by atoms with E-state index in [0.717, 1.165) is 18.2 Å². The minimum atomic E-state index is -0.795. The fourth-order valence-electron chi connectivity index (χ4n) is 1.83. The Morgan fingerprint density at radius 1 is 1.04 bits per heavy atom. The SMILES string of the molecule is COc1ccc(C(=O)Nc2ccc([N+](=O)[O-])cc2[N+](=O)[O-])cc1. The van der Waals surface area contributed by atoms with Crippen LogP contribution >= 0.6 is 0 Å². The summed E-state index contributed by atoms with van der Waals surface area (Å²) in [6.45, 7) is 0. The second-order valence-electron chi connectivity index (χ2n) is 4.40. The zero-order chi connectivity index (χ0) is 17.0. The maximum atomic E-state index is 12.1. The highest BCUT2D eigenvalue weighted by molar-refractivity contribution is 6.05. The Balaban J connectivity index is 2.29. The van der Waals surface area contributed by atoms with Crippen molar-refractivity contribution in [1.29, 1.82) is 0 Å². The Morgan fingerprint density at radius 3 is 2.22 bits per heavy atom. The van der Waals surface area contributed by atoms with Gasteiger partial charge in [-0.1, -0.05) is 0 Å². The van der Waals surface area contributed by atoms with Crippen molar-refractivity contribution in [2.45, 2.75) is 0 Å². The molecule has 0 heterocycles. The number of nitrogens with zero attached hydrogens (tertiary/aromatic N) is 2. The molecule has 0 fully saturated rings. The van der Waals surface area contributed by atoms with Crippen molar-refractivity contribution in [2.75, 3.05) is 12.4 Å². The Morgan fingerprint density at radius 2 is 1.70 bits per heavy atom. The van der Waals surface area contributed by atoms with Gasteiger partial charge in [0.15, 0.2) is 0 Å². The van der Waals surface area contributed by atoms with Crippen molar-refractivity contribution in [1.82, 2.24) is 0 Å². The largest absolute Gasteiger partial charge is 0.497 e. The number of nitro groups is 2. The number of benzene rings is 2. The number of non-ortho nitro benzene ring substituents is 1. The first-order valence-electron chi connectivity index (χ1n) is 6.30. The highest BCUT2D eigenvalue weighted by Crippen LogP contribution is 2.29. The predicted molar refractivity (Wildman–Crippen MR) is 80.7 cm³/mol. The van der Waals surface area contributed by atoms with Gasteiger partial charge < -0.3 is 10.1 Å². The van der Waals surface area contributed by atoms with E-state index in [1.54, 1.807) is 12.1 Å². The number of methoxy groups -OCH3 is 1. The van der Waals surface area contributed by atoms with E-state index in [1.165, 1.54) is 19.2 Å². The van der Waals surface area contributed by atoms with E-state index >= 15 is 0 Å². The van der Waals surface area contributed by atoms with Crippen LogP contribution in [0.2, 0.25) is 0 Å². The fourth-order valence-corrected chi connectivity index (χ4v) is 1.83. The average molecular weight is 317 g/mol. The number of ether oxygens (including phenoxy) is 1. The second kappa shape index (κ2) is 6.52. The molecule has 0 spiro atoms. The zero-order valence-electron chi connectivity index (χ0n) is 11.9. The molecule has 2 aromatic carbocycles. The van der Waals surface area contributed by atoms with Crippen LogP contribution in [0.25, 0.3) is 0 Å². The van der Waals surface area contributed by atoms with E-state index in [4.69, 9.17) is 4.74 Å². The van der Waals surface area contributed by atoms with Gasteiger partial charge in [0.2, 0.25) is 0 Å². The molecule has 0 saturated heterocycles. The number of hydrogen-bond acceptors (Lipinski definition) is 6. The molecule has 0 aliphatic rings. The molecule has 0 aliphatic heterocycles. The highest BCUT2D eigenvalue weighted by Gasteiger charge is 2.21. The van der Waals surface area contributed by atoms with Crippen LogP contribution < -0.4 is 10.1 Å². The molecule has 0 unspecified atom stereocenters. The summed E-state index contributed by atoms with van der Waals surface area (Å²) in [4.78, 5) is 32.2. The molecule has 9 nitrogen and oxygen atoms in total. The van der Waals surface area contributed by atoms with Crippen LogP contribution in [0.15, 0.2) is 42.5 Å². The van der Waals surface area contributed by atoms with Crippen LogP contribution in [-0.2, 0) is 0 Å². The third kappa shape index (κ3) is 3.59. The fraction of sp³-hybridized carbons (Fsp3) is 0.0714. The number of hydrogen-bond donors (Lipinski definition) is 1. The Bertz CT molecular complexity index is 773. The van der Waals surface area contributed by atoms with Gasteiger partial charge in [-0.15, -0.1) is 0 Å². The highest BCUT2D eigenvalue weighted by atomic mass is 16.6. The molecule has 0 radical (unpaired) electrons. The van der Waals surface area contributed by atoms with Crippen LogP contribution in [0.1, 0.15) is 10.4 Å². The topological polar surface area (TPSA) is 125 Å². The lowest BCUT2D eigenvalue weighted by Crippen LogP contribution is -2.13. The number of carbonyl (C=O) groups excluding carboxylic acids is 1. The Kier molecular flexibility index (Phi) is 4.50. The second-order valence-corrected chi connectivity index (χ2v) is 4.40. The monoisotopic (exact) mass is 317 g/mol. The number of anilines is 1. The van der Waals surface area contributed by atoms with Crippen molar-refractivity contribution < 1.29 is 19.4 Å². The Hall–Kier alpha value is -3.49. The van der Waals surface area contributed by atoms with E-state index in [2.05, 4.69) is 5.32 Å². The molecule has 9 heteroatoms. The van der Waals surface area contributed by atoms with Crippen molar-refractivity contribution in [3.8, 4) is 5.75 Å². The standard InChI is InChI=1S/C14H11N3O6/c1-23-11-5-2-9(3-6-11)14(18)15-12-7-4-10(16(19)20)8-13(12)17(21)22/h2-8H,1H3,(H,15,18). The summed E-state index contributed by atoms with van der Waals surface area (Å²) >= 11 is 0. The summed E-state index contributed by atoms with van der Waals surface area (Å²) < 4.78 is 4.97. The quantitative estimate of drug-likeness (QED) is 0.667. The van der Waals surface area contributed by atoms with Crippen LogP contribution in [0.4, 0.5) is 17.1 Å². The third-order valence-electron chi connectivity index (χ3n) is 2.99. The molecule has 0 aliphatic carbocycles. The predicted octanol–water partition coefficient (Wildman–Crippen LogP) is 2.76. The van der Waals surface area contributed by atoms with Crippen molar-refractivity contribution in [2.24, 2.45) is 0 Å². The van der Waals surface area contributed by atoms with E-state index in [0.29, 0.717) is 5.75 Å². The maximum Gasteiger partial charge on any atom is 0.299 e. The van der Waals surface area contributed by atoms with Crippen LogP contribution in [0.3, 0.4) is 0 Å². The van der Waals surface area contributed by atoms with Gasteiger partial charge in [0.1, 0.15) is 11.4 Å². The van der Waals surface area contributed by atoms with Gasteiger partial charge in [-0.2, -0.15) is 0 Å². The maximum absolute atomic E-state index is 12.1. The molecule has 0 saturated carbocycles. The van der Waals surface area contributed by atoms with Crippen LogP contribution in [0, 0.1) is 20.2 Å². The first kappa shape index (κ1) is 15.9. The third-order valence-corrected chi connectivity index (χ3v) is 2.99. The first-order chi connectivity index (χ1) is 10.9. The van der Waals surface area contributed by atoms with Crippen molar-refractivity contribution >= 4 is 23.0 Å². The number of carbonyl (C=O) groups is 1. The Labute approximate surface area is 129 Å². The lowest BCUT2D eigenvalue weighted by atomic mass is 10.2. The summed E-state index contributed by atoms with van der Waals surface area (Å²) in [5, 5.41) is 24.1. The van der Waals surface area contributed by atoms with Crippen molar-refractivity contribution in [3.05, 3.63) is 68.3 Å². The van der Waals surface area contributed by atoms with Gasteiger partial charge >= 0.3 is 0 Å². The van der Waals surface area contributed by atoms with E-state index < -0.39 is 27.1 Å². The number of nitro benzene ring substituents is 2. The van der Waals surface area contributed by atoms with Gasteiger partial charge in [-0.05, 0) is 30.3 Å². The zero-order valence-corrected chi connectivity index (χ0v) is 11.9. The lowest BCUT2D eigenvalue weighted by Gasteiger charge is -2.06. The van der Waals surface area contributed by atoms with Crippen LogP contribution in [-0.4, -0.2) is 22.9 Å². The summed E-state index contributed by atoms with van der Waals surface area (Å²) in [6, 6.07) is 9.12. The smallest absolute Gasteiger partial charge is 0.299 e. The molecule has 0 bridgehead atoms. The molecule has 1 N–H and O–H groups in total. The molecule has 1 amide bonds. The van der Waals surface area contributed by atoms with Gasteiger partial charge in [0, 0.05) is 11.6 Å². The normalized spacial score (nSPS) is 9.96. The minimum absolute atomic E-state index is 0.124. The van der Waals surface area contributed by atoms with E-state index in [9.17, 15) is 25.0 Å². The molecule has 0 atom stereocenters. The van der Waals surface area contributed by atoms with E-state index in [-0.39, 0.29) is 11.3 Å². The summed E-state index contributed by atoms with van der Waals surface area (Å²) in [6.07, 6.45) is 0. The molecular formula is C14H11N3O6. The lowest BCUT2D eigenvalue weighted by molar-refractivity contribution is -0.393. The molecule has 23 heavy (non-hydrogen) atoms.